The van der Waals surface area contributed by atoms with E-state index in [1.165, 1.54) is 26.3 Å². The molecule has 9 heteroatoms. The molecule has 8 nitrogen and oxygen atoms in total. The smallest absolute Gasteiger partial charge is 0.352 e. The third-order valence-electron chi connectivity index (χ3n) is 4.27. The Hall–Kier alpha value is -3.17. The summed E-state index contributed by atoms with van der Waals surface area (Å²) in [6.07, 6.45) is 5.54. The molecule has 1 rings (SSSR count). The number of oxime groups is 1. The van der Waals surface area contributed by atoms with Crippen molar-refractivity contribution >= 4 is 11.7 Å². The molecule has 0 aliphatic carbocycles. The topological polar surface area (TPSA) is 106 Å². The third kappa shape index (κ3) is 6.71. The highest BCUT2D eigenvalue weighted by molar-refractivity contribution is 5.98. The number of nitrogens with zero attached hydrogens (tertiary/aromatic N) is 3. The van der Waals surface area contributed by atoms with Gasteiger partial charge in [-0.3, -0.25) is 5.01 Å². The monoisotopic (exact) mass is 419 g/mol. The minimum absolute atomic E-state index is 0.0115. The molecule has 1 aromatic rings. The Morgan fingerprint density at radius 3 is 2.47 bits per heavy atom. The maximum atomic E-state index is 14.5. The summed E-state index contributed by atoms with van der Waals surface area (Å²) in [5.41, 5.74) is 2.95. The zero-order valence-electron chi connectivity index (χ0n) is 18.3. The molecule has 0 fully saturated rings. The van der Waals surface area contributed by atoms with Gasteiger partial charge < -0.3 is 9.57 Å². The Morgan fingerprint density at radius 2 is 1.93 bits per heavy atom. The zero-order valence-corrected chi connectivity index (χ0v) is 18.3. The van der Waals surface area contributed by atoms with Crippen LogP contribution in [0.1, 0.15) is 33.3 Å². The SMILES string of the molecule is C\C=C/C=C(C)\C(COc1ccc(C(C)=NOC)cc1F)=C(/C)N(N)C(=O)N(C)N. The molecule has 0 aliphatic rings. The molecule has 164 valence electrons. The Bertz CT molecular complexity index is 875. The number of carbonyl (C=O) groups is 1. The van der Waals surface area contributed by atoms with E-state index < -0.39 is 11.8 Å². The van der Waals surface area contributed by atoms with E-state index in [0.717, 1.165) is 15.6 Å². The quantitative estimate of drug-likeness (QED) is 0.221. The van der Waals surface area contributed by atoms with Crippen molar-refractivity contribution in [3.05, 3.63) is 64.7 Å². The van der Waals surface area contributed by atoms with Gasteiger partial charge in [0.05, 0.1) is 5.71 Å². The lowest BCUT2D eigenvalue weighted by atomic mass is 10.1. The molecule has 0 spiro atoms. The highest BCUT2D eigenvalue weighted by Crippen LogP contribution is 2.23. The second kappa shape index (κ2) is 11.7. The van der Waals surface area contributed by atoms with Crippen LogP contribution in [0.25, 0.3) is 0 Å². The second-order valence-electron chi connectivity index (χ2n) is 6.50. The lowest BCUT2D eigenvalue weighted by molar-refractivity contribution is 0.176. The van der Waals surface area contributed by atoms with Crippen LogP contribution in [-0.2, 0) is 4.84 Å². The summed E-state index contributed by atoms with van der Waals surface area (Å²) >= 11 is 0. The predicted octanol–water partition coefficient (Wildman–Crippen LogP) is 3.47. The van der Waals surface area contributed by atoms with Crippen LogP contribution >= 0.6 is 0 Å². The van der Waals surface area contributed by atoms with Gasteiger partial charge in [0.25, 0.3) is 0 Å². The van der Waals surface area contributed by atoms with E-state index in [1.807, 2.05) is 32.1 Å². The van der Waals surface area contributed by atoms with E-state index in [0.29, 0.717) is 22.5 Å². The second-order valence-corrected chi connectivity index (χ2v) is 6.50. The molecule has 0 saturated carbocycles. The zero-order chi connectivity index (χ0) is 22.8. The van der Waals surface area contributed by atoms with Crippen LogP contribution in [0.5, 0.6) is 5.75 Å². The summed E-state index contributed by atoms with van der Waals surface area (Å²) in [6, 6.07) is 3.90. The molecule has 0 aliphatic heterocycles. The third-order valence-corrected chi connectivity index (χ3v) is 4.27. The minimum atomic E-state index is -0.604. The van der Waals surface area contributed by atoms with Gasteiger partial charge in [0.15, 0.2) is 11.6 Å². The first-order valence-corrected chi connectivity index (χ1v) is 9.21. The fraction of sp³-hybridized carbons (Fsp3) is 0.333. The van der Waals surface area contributed by atoms with Gasteiger partial charge in [0, 0.05) is 23.9 Å². The van der Waals surface area contributed by atoms with Crippen LogP contribution in [0.15, 0.2) is 58.4 Å². The molecule has 30 heavy (non-hydrogen) atoms. The number of allylic oxidation sites excluding steroid dienone is 4. The number of ether oxygens (including phenoxy) is 1. The highest BCUT2D eigenvalue weighted by Gasteiger charge is 2.19. The van der Waals surface area contributed by atoms with Gasteiger partial charge in [0.1, 0.15) is 13.7 Å². The van der Waals surface area contributed by atoms with Crippen molar-refractivity contribution < 1.29 is 18.8 Å². The number of amides is 2. The number of halogens is 1. The van der Waals surface area contributed by atoms with E-state index >= 15 is 0 Å². The Kier molecular flexibility index (Phi) is 9.73. The average molecular weight is 420 g/mol. The highest BCUT2D eigenvalue weighted by atomic mass is 19.1. The van der Waals surface area contributed by atoms with E-state index in [4.69, 9.17) is 21.3 Å². The Labute approximate surface area is 176 Å². The normalized spacial score (nSPS) is 13.2. The van der Waals surface area contributed by atoms with Crippen molar-refractivity contribution in [2.75, 3.05) is 20.8 Å². The number of rotatable bonds is 8. The molecule has 0 atom stereocenters. The van der Waals surface area contributed by atoms with E-state index in [9.17, 15) is 9.18 Å². The summed E-state index contributed by atoms with van der Waals surface area (Å²) in [5, 5.41) is 5.58. The van der Waals surface area contributed by atoms with Crippen molar-refractivity contribution in [2.45, 2.75) is 27.7 Å². The van der Waals surface area contributed by atoms with Crippen LogP contribution in [0.4, 0.5) is 9.18 Å². The first-order chi connectivity index (χ1) is 14.1. The standard InChI is InChI=1S/C21H30FN5O3/c1-7-8-9-14(2)18(16(4)27(24)21(28)26(5)23)13-30-20-11-10-17(12-19(20)22)15(3)25-29-6/h7-12H,13,23-24H2,1-6H3/b8-7-,14-9-,18-16+,25-15?. The maximum Gasteiger partial charge on any atom is 0.352 e. The number of carbonyl (C=O) groups excluding carboxylic acids is 1. The molecule has 4 N–H and O–H groups in total. The number of hydrogen-bond acceptors (Lipinski definition) is 6. The largest absolute Gasteiger partial charge is 0.486 e. The Morgan fingerprint density at radius 1 is 1.27 bits per heavy atom. The Balaban J connectivity index is 3.22. The number of nitrogens with two attached hydrogens (primary N) is 2. The molecular weight excluding hydrogens is 389 g/mol. The van der Waals surface area contributed by atoms with Gasteiger partial charge in [-0.15, -0.1) is 0 Å². The summed E-state index contributed by atoms with van der Waals surface area (Å²) in [7, 11) is 2.81. The lowest BCUT2D eigenvalue weighted by Gasteiger charge is -2.24. The minimum Gasteiger partial charge on any atom is -0.486 e. The molecule has 1 aromatic carbocycles. The van der Waals surface area contributed by atoms with E-state index in [2.05, 4.69) is 5.16 Å². The molecule has 0 bridgehead atoms. The van der Waals surface area contributed by atoms with Gasteiger partial charge in [0.2, 0.25) is 0 Å². The number of hydrazine groups is 2. The van der Waals surface area contributed by atoms with Crippen LogP contribution in [-0.4, -0.2) is 42.5 Å². The molecule has 0 unspecified atom stereocenters. The van der Waals surface area contributed by atoms with Gasteiger partial charge in [-0.05, 0) is 51.5 Å². The number of hydrogen-bond donors (Lipinski definition) is 2. The van der Waals surface area contributed by atoms with Gasteiger partial charge in [-0.2, -0.15) is 0 Å². The average Bonchev–Trinajstić information content (AvgIpc) is 2.71. The van der Waals surface area contributed by atoms with E-state index in [-0.39, 0.29) is 12.4 Å². The predicted molar refractivity (Wildman–Crippen MR) is 116 cm³/mol. The van der Waals surface area contributed by atoms with Crippen molar-refractivity contribution in [1.82, 2.24) is 10.0 Å². The first-order valence-electron chi connectivity index (χ1n) is 9.21. The molecule has 0 heterocycles. The van der Waals surface area contributed by atoms with Crippen molar-refractivity contribution in [1.29, 1.82) is 0 Å². The van der Waals surface area contributed by atoms with E-state index in [1.54, 1.807) is 19.9 Å². The molecule has 0 aromatic heterocycles. The summed E-state index contributed by atoms with van der Waals surface area (Å²) in [4.78, 5) is 16.8. The number of benzene rings is 1. The van der Waals surface area contributed by atoms with Gasteiger partial charge in [-0.25, -0.2) is 25.9 Å². The fourth-order valence-corrected chi connectivity index (χ4v) is 2.49. The molecule has 2 amide bonds. The van der Waals surface area contributed by atoms with Crippen LogP contribution < -0.4 is 16.4 Å². The van der Waals surface area contributed by atoms with Crippen LogP contribution in [0.2, 0.25) is 0 Å². The molecular formula is C21H30FN5O3. The van der Waals surface area contributed by atoms with Crippen molar-refractivity contribution in [3.63, 3.8) is 0 Å². The van der Waals surface area contributed by atoms with Crippen LogP contribution in [0.3, 0.4) is 0 Å². The number of urea groups is 1. The maximum absolute atomic E-state index is 14.5. The summed E-state index contributed by atoms with van der Waals surface area (Å²) < 4.78 is 20.2. The molecule has 0 saturated heterocycles. The van der Waals surface area contributed by atoms with Gasteiger partial charge >= 0.3 is 6.03 Å². The first kappa shape index (κ1) is 24.9. The van der Waals surface area contributed by atoms with Crippen molar-refractivity contribution in [3.8, 4) is 5.75 Å². The fourth-order valence-electron chi connectivity index (χ4n) is 2.49. The summed E-state index contributed by atoms with van der Waals surface area (Å²) in [5.74, 6) is 10.9. The molecule has 0 radical (unpaired) electrons. The van der Waals surface area contributed by atoms with Crippen LogP contribution in [0, 0.1) is 5.82 Å². The lowest BCUT2D eigenvalue weighted by Crippen LogP contribution is -2.47. The van der Waals surface area contributed by atoms with Crippen molar-refractivity contribution in [2.24, 2.45) is 16.8 Å². The summed E-state index contributed by atoms with van der Waals surface area (Å²) in [6.45, 7) is 7.08. The van der Waals surface area contributed by atoms with Gasteiger partial charge in [-0.1, -0.05) is 23.4 Å².